The third kappa shape index (κ3) is 4.76. The van der Waals surface area contributed by atoms with Gasteiger partial charge in [-0.2, -0.15) is 4.98 Å². The van der Waals surface area contributed by atoms with E-state index in [0.29, 0.717) is 49.7 Å². The van der Waals surface area contributed by atoms with E-state index in [0.717, 1.165) is 5.56 Å². The molecule has 0 saturated carbocycles. The minimum Gasteiger partial charge on any atom is -0.487 e. The first-order chi connectivity index (χ1) is 11.3. The van der Waals surface area contributed by atoms with Gasteiger partial charge in [0.1, 0.15) is 13.2 Å². The zero-order chi connectivity index (χ0) is 16.5. The Morgan fingerprint density at radius 3 is 2.35 bits per heavy atom. The van der Waals surface area contributed by atoms with Gasteiger partial charge in [0, 0.05) is 19.8 Å². The molecule has 23 heavy (non-hydrogen) atoms. The summed E-state index contributed by atoms with van der Waals surface area (Å²) in [5.41, 5.74) is 0.805. The fourth-order valence-corrected chi connectivity index (χ4v) is 1.81. The minimum absolute atomic E-state index is 0.294. The molecule has 124 valence electrons. The molecule has 0 bridgehead atoms. The molecule has 1 aromatic heterocycles. The Morgan fingerprint density at radius 1 is 1.04 bits per heavy atom. The minimum atomic E-state index is 0.294. The Bertz CT molecular complexity index is 630. The van der Waals surface area contributed by atoms with E-state index in [4.69, 9.17) is 18.9 Å². The first kappa shape index (κ1) is 16.9. The molecular formula is C15H20N4O4. The number of aromatic nitrogens is 3. The summed E-state index contributed by atoms with van der Waals surface area (Å²) >= 11 is 0. The molecule has 0 saturated heterocycles. The molecule has 0 radical (unpaired) electrons. The van der Waals surface area contributed by atoms with Crippen LogP contribution in [0.5, 0.6) is 11.5 Å². The van der Waals surface area contributed by atoms with Crippen LogP contribution in [0.3, 0.4) is 0 Å². The average Bonchev–Trinajstić information content (AvgIpc) is 3.05. The zero-order valence-corrected chi connectivity index (χ0v) is 13.2. The molecule has 2 rings (SSSR count). The van der Waals surface area contributed by atoms with E-state index in [1.807, 2.05) is 18.2 Å². The van der Waals surface area contributed by atoms with Crippen molar-refractivity contribution in [2.24, 2.45) is 4.99 Å². The number of ether oxygens (including phenoxy) is 4. The standard InChI is InChI=1S/C15H20N4O4/c1-16-15-17-14(18-19-15)11-4-5-12(22-8-6-20-2)13(10-11)23-9-7-21-3/h4-5,10H,1,6-9H2,2-3H3,(H,17,18,19). The lowest BCUT2D eigenvalue weighted by Crippen LogP contribution is -2.08. The van der Waals surface area contributed by atoms with E-state index in [-0.39, 0.29) is 0 Å². The van der Waals surface area contributed by atoms with Gasteiger partial charge in [0.15, 0.2) is 17.3 Å². The van der Waals surface area contributed by atoms with Gasteiger partial charge in [0.2, 0.25) is 0 Å². The van der Waals surface area contributed by atoms with E-state index in [1.54, 1.807) is 14.2 Å². The average molecular weight is 320 g/mol. The third-order valence-electron chi connectivity index (χ3n) is 2.92. The quantitative estimate of drug-likeness (QED) is 0.531. The van der Waals surface area contributed by atoms with Crippen LogP contribution in [0.1, 0.15) is 0 Å². The van der Waals surface area contributed by atoms with Crippen LogP contribution in [-0.4, -0.2) is 62.5 Å². The van der Waals surface area contributed by atoms with E-state index in [2.05, 4.69) is 26.9 Å². The van der Waals surface area contributed by atoms with E-state index >= 15 is 0 Å². The smallest absolute Gasteiger partial charge is 0.267 e. The molecule has 0 fully saturated rings. The highest BCUT2D eigenvalue weighted by atomic mass is 16.5. The van der Waals surface area contributed by atoms with Gasteiger partial charge in [-0.15, -0.1) is 5.10 Å². The number of nitrogens with zero attached hydrogens (tertiary/aromatic N) is 3. The zero-order valence-electron chi connectivity index (χ0n) is 13.2. The predicted octanol–water partition coefficient (Wildman–Crippen LogP) is 1.85. The summed E-state index contributed by atoms with van der Waals surface area (Å²) in [6.45, 7) is 5.22. The molecule has 8 heteroatoms. The molecule has 8 nitrogen and oxygen atoms in total. The normalized spacial score (nSPS) is 10.5. The van der Waals surface area contributed by atoms with Crippen molar-refractivity contribution < 1.29 is 18.9 Å². The molecule has 0 amide bonds. The molecule has 2 aromatic rings. The van der Waals surface area contributed by atoms with Gasteiger partial charge >= 0.3 is 0 Å². The number of aromatic amines is 1. The summed E-state index contributed by atoms with van der Waals surface area (Å²) < 4.78 is 21.4. The number of benzene rings is 1. The summed E-state index contributed by atoms with van der Waals surface area (Å²) in [5, 5.41) is 6.73. The van der Waals surface area contributed by atoms with E-state index < -0.39 is 0 Å². The van der Waals surface area contributed by atoms with Crippen molar-refractivity contribution in [3.8, 4) is 22.9 Å². The maximum absolute atomic E-state index is 5.71. The van der Waals surface area contributed by atoms with E-state index in [1.165, 1.54) is 0 Å². The summed E-state index contributed by atoms with van der Waals surface area (Å²) in [6.07, 6.45) is 0. The lowest BCUT2D eigenvalue weighted by molar-refractivity contribution is 0.132. The van der Waals surface area contributed by atoms with Crippen LogP contribution in [0.2, 0.25) is 0 Å². The number of nitrogens with one attached hydrogen (secondary N) is 1. The van der Waals surface area contributed by atoms with Crippen LogP contribution in [0.25, 0.3) is 11.4 Å². The Hall–Kier alpha value is -2.45. The predicted molar refractivity (Wildman–Crippen MR) is 85.8 cm³/mol. The van der Waals surface area contributed by atoms with Crippen LogP contribution in [0.15, 0.2) is 23.2 Å². The summed E-state index contributed by atoms with van der Waals surface area (Å²) in [4.78, 5) is 7.88. The number of aliphatic imine (C=N–C) groups is 1. The second-order valence-electron chi connectivity index (χ2n) is 4.49. The number of methoxy groups -OCH3 is 2. The lowest BCUT2D eigenvalue weighted by atomic mass is 10.2. The maximum atomic E-state index is 5.71. The Morgan fingerprint density at radius 2 is 1.74 bits per heavy atom. The SMILES string of the molecule is C=Nc1n[nH]c(-c2ccc(OCCOC)c(OCCOC)c2)n1. The third-order valence-corrected chi connectivity index (χ3v) is 2.92. The van der Waals surface area contributed by atoms with Crippen LogP contribution in [-0.2, 0) is 9.47 Å². The lowest BCUT2D eigenvalue weighted by Gasteiger charge is -2.13. The summed E-state index contributed by atoms with van der Waals surface area (Å²) in [6, 6.07) is 5.50. The van der Waals surface area contributed by atoms with Crippen molar-refractivity contribution in [3.05, 3.63) is 18.2 Å². The molecule has 0 aliphatic rings. The summed E-state index contributed by atoms with van der Waals surface area (Å²) in [5.74, 6) is 2.10. The highest BCUT2D eigenvalue weighted by molar-refractivity contribution is 5.61. The molecule has 1 N–H and O–H groups in total. The Balaban J connectivity index is 2.20. The van der Waals surface area contributed by atoms with Gasteiger partial charge in [0.25, 0.3) is 5.95 Å². The molecule has 0 unspecified atom stereocenters. The molecule has 0 aliphatic heterocycles. The van der Waals surface area contributed by atoms with Gasteiger partial charge in [-0.3, -0.25) is 5.10 Å². The topological polar surface area (TPSA) is 90.9 Å². The van der Waals surface area contributed by atoms with Crippen molar-refractivity contribution in [3.63, 3.8) is 0 Å². The molecule has 1 heterocycles. The summed E-state index contributed by atoms with van der Waals surface area (Å²) in [7, 11) is 3.24. The van der Waals surface area contributed by atoms with Crippen molar-refractivity contribution in [1.29, 1.82) is 0 Å². The van der Waals surface area contributed by atoms with Crippen LogP contribution < -0.4 is 9.47 Å². The molecule has 0 aliphatic carbocycles. The van der Waals surface area contributed by atoms with Gasteiger partial charge in [-0.25, -0.2) is 4.99 Å². The van der Waals surface area contributed by atoms with Crippen LogP contribution in [0.4, 0.5) is 5.95 Å². The molecule has 1 aromatic carbocycles. The molecule has 0 atom stereocenters. The second-order valence-corrected chi connectivity index (χ2v) is 4.49. The van der Waals surface area contributed by atoms with Crippen molar-refractivity contribution in [1.82, 2.24) is 15.2 Å². The number of rotatable bonds is 10. The van der Waals surface area contributed by atoms with E-state index in [9.17, 15) is 0 Å². The van der Waals surface area contributed by atoms with Crippen molar-refractivity contribution in [2.75, 3.05) is 40.6 Å². The number of hydrogen-bond donors (Lipinski definition) is 1. The Labute approximate surface area is 134 Å². The number of hydrogen-bond acceptors (Lipinski definition) is 7. The van der Waals surface area contributed by atoms with Gasteiger partial charge < -0.3 is 18.9 Å². The number of H-pyrrole nitrogens is 1. The second kappa shape index (κ2) is 8.86. The monoisotopic (exact) mass is 320 g/mol. The van der Waals surface area contributed by atoms with Gasteiger partial charge in [-0.05, 0) is 24.9 Å². The maximum Gasteiger partial charge on any atom is 0.267 e. The largest absolute Gasteiger partial charge is 0.487 e. The van der Waals surface area contributed by atoms with Crippen molar-refractivity contribution in [2.45, 2.75) is 0 Å². The highest BCUT2D eigenvalue weighted by Gasteiger charge is 2.11. The van der Waals surface area contributed by atoms with Crippen molar-refractivity contribution >= 4 is 12.7 Å². The van der Waals surface area contributed by atoms with Crippen LogP contribution in [0, 0.1) is 0 Å². The van der Waals surface area contributed by atoms with Crippen LogP contribution >= 0.6 is 0 Å². The first-order valence-electron chi connectivity index (χ1n) is 7.05. The fourth-order valence-electron chi connectivity index (χ4n) is 1.81. The fraction of sp³-hybridized carbons (Fsp3) is 0.400. The molecule has 0 spiro atoms. The van der Waals surface area contributed by atoms with Gasteiger partial charge in [0.05, 0.1) is 13.2 Å². The van der Waals surface area contributed by atoms with Gasteiger partial charge in [-0.1, -0.05) is 0 Å². The Kier molecular flexibility index (Phi) is 6.52. The first-order valence-corrected chi connectivity index (χ1v) is 7.05. The molecular weight excluding hydrogens is 300 g/mol. The highest BCUT2D eigenvalue weighted by Crippen LogP contribution is 2.32.